The molecule has 5 nitrogen and oxygen atoms in total. The van der Waals surface area contributed by atoms with E-state index in [1.165, 1.54) is 0 Å². The van der Waals surface area contributed by atoms with E-state index in [1.54, 1.807) is 13.3 Å². The molecule has 3 aromatic rings. The van der Waals surface area contributed by atoms with Crippen molar-refractivity contribution in [2.45, 2.75) is 19.4 Å². The number of benzene rings is 2. The molecule has 0 unspecified atom stereocenters. The summed E-state index contributed by atoms with van der Waals surface area (Å²) in [5.41, 5.74) is 1.97. The Morgan fingerprint density at radius 1 is 1.16 bits per heavy atom. The standard InChI is InChI=1S/C20H20N2O3/c1-24-17-9-5-6-15(12-17)13-21-19(23)10-11-20-22-14-18(25-20)16-7-3-2-4-8-16/h2-9,12,14H,10-11,13H2,1H3,(H,21,23). The highest BCUT2D eigenvalue weighted by Crippen LogP contribution is 2.20. The van der Waals surface area contributed by atoms with Crippen molar-refractivity contribution in [1.82, 2.24) is 10.3 Å². The Hall–Kier alpha value is -3.08. The van der Waals surface area contributed by atoms with Crippen molar-refractivity contribution in [3.8, 4) is 17.1 Å². The molecule has 25 heavy (non-hydrogen) atoms. The van der Waals surface area contributed by atoms with E-state index in [1.807, 2.05) is 54.6 Å². The number of rotatable bonds is 7. The first-order valence-corrected chi connectivity index (χ1v) is 8.14. The van der Waals surface area contributed by atoms with Gasteiger partial charge in [-0.2, -0.15) is 0 Å². The molecule has 0 saturated carbocycles. The van der Waals surface area contributed by atoms with Gasteiger partial charge < -0.3 is 14.5 Å². The minimum atomic E-state index is -0.0396. The number of methoxy groups -OCH3 is 1. The van der Waals surface area contributed by atoms with Gasteiger partial charge in [0.1, 0.15) is 5.75 Å². The number of nitrogens with zero attached hydrogens (tertiary/aromatic N) is 1. The van der Waals surface area contributed by atoms with Crippen LogP contribution in [0.2, 0.25) is 0 Å². The van der Waals surface area contributed by atoms with Gasteiger partial charge in [0.05, 0.1) is 13.3 Å². The van der Waals surface area contributed by atoms with Gasteiger partial charge in [-0.3, -0.25) is 4.79 Å². The highest BCUT2D eigenvalue weighted by molar-refractivity contribution is 5.76. The summed E-state index contributed by atoms with van der Waals surface area (Å²) in [6, 6.07) is 17.4. The number of carbonyl (C=O) groups is 1. The molecule has 1 amide bonds. The van der Waals surface area contributed by atoms with Gasteiger partial charge in [0.2, 0.25) is 5.91 Å². The summed E-state index contributed by atoms with van der Waals surface area (Å²) in [6.45, 7) is 0.469. The summed E-state index contributed by atoms with van der Waals surface area (Å²) in [4.78, 5) is 16.3. The van der Waals surface area contributed by atoms with E-state index in [-0.39, 0.29) is 5.91 Å². The van der Waals surface area contributed by atoms with Crippen LogP contribution in [0.15, 0.2) is 65.2 Å². The molecule has 1 heterocycles. The molecule has 0 radical (unpaired) electrons. The summed E-state index contributed by atoms with van der Waals surface area (Å²) < 4.78 is 10.9. The third-order valence-electron chi connectivity index (χ3n) is 3.80. The molecule has 0 aliphatic rings. The molecule has 0 bridgehead atoms. The van der Waals surface area contributed by atoms with E-state index in [2.05, 4.69) is 10.3 Å². The van der Waals surface area contributed by atoms with Crippen LogP contribution >= 0.6 is 0 Å². The van der Waals surface area contributed by atoms with Crippen LogP contribution in [0.5, 0.6) is 5.75 Å². The van der Waals surface area contributed by atoms with Gasteiger partial charge in [-0.15, -0.1) is 0 Å². The van der Waals surface area contributed by atoms with Gasteiger partial charge in [0.25, 0.3) is 0 Å². The molecule has 0 aliphatic heterocycles. The molecule has 3 rings (SSSR count). The Balaban J connectivity index is 1.48. The van der Waals surface area contributed by atoms with Gasteiger partial charge >= 0.3 is 0 Å². The summed E-state index contributed by atoms with van der Waals surface area (Å²) in [6.07, 6.45) is 2.49. The second kappa shape index (κ2) is 8.15. The van der Waals surface area contributed by atoms with Crippen LogP contribution < -0.4 is 10.1 Å². The van der Waals surface area contributed by atoms with Gasteiger partial charge in [0.15, 0.2) is 11.7 Å². The molecule has 1 aromatic heterocycles. The van der Waals surface area contributed by atoms with E-state index in [0.29, 0.717) is 31.0 Å². The zero-order valence-corrected chi connectivity index (χ0v) is 14.1. The van der Waals surface area contributed by atoms with Crippen molar-refractivity contribution in [3.63, 3.8) is 0 Å². The summed E-state index contributed by atoms with van der Waals surface area (Å²) in [5.74, 6) is 2.02. The molecule has 0 fully saturated rings. The molecule has 0 atom stereocenters. The lowest BCUT2D eigenvalue weighted by molar-refractivity contribution is -0.121. The topological polar surface area (TPSA) is 64.4 Å². The molecule has 1 N–H and O–H groups in total. The fourth-order valence-electron chi connectivity index (χ4n) is 2.45. The van der Waals surface area contributed by atoms with Gasteiger partial charge in [0, 0.05) is 24.9 Å². The normalized spacial score (nSPS) is 10.4. The van der Waals surface area contributed by atoms with Crippen LogP contribution in [-0.4, -0.2) is 18.0 Å². The lowest BCUT2D eigenvalue weighted by Gasteiger charge is -2.06. The molecular weight excluding hydrogens is 316 g/mol. The Labute approximate surface area is 146 Å². The van der Waals surface area contributed by atoms with Gasteiger partial charge in [-0.05, 0) is 17.7 Å². The van der Waals surface area contributed by atoms with Crippen LogP contribution in [0, 0.1) is 0 Å². The minimum absolute atomic E-state index is 0.0396. The molecule has 5 heteroatoms. The summed E-state index contributed by atoms with van der Waals surface area (Å²) in [7, 11) is 1.62. The van der Waals surface area contributed by atoms with Crippen molar-refractivity contribution in [2.75, 3.05) is 7.11 Å². The Morgan fingerprint density at radius 3 is 2.80 bits per heavy atom. The Kier molecular flexibility index (Phi) is 5.46. The SMILES string of the molecule is COc1cccc(CNC(=O)CCc2ncc(-c3ccccc3)o2)c1. The fourth-order valence-corrected chi connectivity index (χ4v) is 2.45. The van der Waals surface area contributed by atoms with Crippen LogP contribution in [0.4, 0.5) is 0 Å². The Bertz CT molecular complexity index is 828. The number of oxazole rings is 1. The largest absolute Gasteiger partial charge is 0.497 e. The average molecular weight is 336 g/mol. The van der Waals surface area contributed by atoms with Crippen molar-refractivity contribution < 1.29 is 13.9 Å². The number of aryl methyl sites for hydroxylation is 1. The van der Waals surface area contributed by atoms with Gasteiger partial charge in [-0.25, -0.2) is 4.98 Å². The van der Waals surface area contributed by atoms with Crippen LogP contribution in [0.1, 0.15) is 17.9 Å². The molecule has 128 valence electrons. The van der Waals surface area contributed by atoms with E-state index in [9.17, 15) is 4.79 Å². The fraction of sp³-hybridized carbons (Fsp3) is 0.200. The Morgan fingerprint density at radius 2 is 2.00 bits per heavy atom. The highest BCUT2D eigenvalue weighted by atomic mass is 16.5. The number of nitrogens with one attached hydrogen (secondary N) is 1. The second-order valence-electron chi connectivity index (χ2n) is 5.61. The monoisotopic (exact) mass is 336 g/mol. The zero-order valence-electron chi connectivity index (χ0n) is 14.1. The third kappa shape index (κ3) is 4.70. The zero-order chi connectivity index (χ0) is 17.5. The summed E-state index contributed by atoms with van der Waals surface area (Å²) in [5, 5.41) is 2.90. The first kappa shape index (κ1) is 16.8. The van der Waals surface area contributed by atoms with Crippen LogP contribution in [0.3, 0.4) is 0 Å². The quantitative estimate of drug-likeness (QED) is 0.716. The van der Waals surface area contributed by atoms with E-state index < -0.39 is 0 Å². The van der Waals surface area contributed by atoms with Crippen molar-refractivity contribution in [2.24, 2.45) is 0 Å². The smallest absolute Gasteiger partial charge is 0.220 e. The van der Waals surface area contributed by atoms with Crippen molar-refractivity contribution >= 4 is 5.91 Å². The first-order chi connectivity index (χ1) is 12.2. The van der Waals surface area contributed by atoms with E-state index in [0.717, 1.165) is 16.9 Å². The minimum Gasteiger partial charge on any atom is -0.497 e. The average Bonchev–Trinajstić information content (AvgIpc) is 3.15. The molecule has 0 saturated heterocycles. The molecule has 2 aromatic carbocycles. The second-order valence-corrected chi connectivity index (χ2v) is 5.61. The van der Waals surface area contributed by atoms with E-state index >= 15 is 0 Å². The van der Waals surface area contributed by atoms with Crippen LogP contribution in [0.25, 0.3) is 11.3 Å². The first-order valence-electron chi connectivity index (χ1n) is 8.14. The number of aromatic nitrogens is 1. The maximum absolute atomic E-state index is 12.0. The predicted molar refractivity (Wildman–Crippen MR) is 95.1 cm³/mol. The van der Waals surface area contributed by atoms with Crippen molar-refractivity contribution in [1.29, 1.82) is 0 Å². The molecule has 0 aliphatic carbocycles. The maximum atomic E-state index is 12.0. The van der Waals surface area contributed by atoms with Crippen molar-refractivity contribution in [3.05, 3.63) is 72.2 Å². The van der Waals surface area contributed by atoms with Gasteiger partial charge in [-0.1, -0.05) is 42.5 Å². The van der Waals surface area contributed by atoms with E-state index in [4.69, 9.17) is 9.15 Å². The lowest BCUT2D eigenvalue weighted by Crippen LogP contribution is -2.23. The summed E-state index contributed by atoms with van der Waals surface area (Å²) >= 11 is 0. The number of ether oxygens (including phenoxy) is 1. The lowest BCUT2D eigenvalue weighted by atomic mass is 10.2. The number of amides is 1. The highest BCUT2D eigenvalue weighted by Gasteiger charge is 2.09. The molecule has 0 spiro atoms. The number of hydrogen-bond donors (Lipinski definition) is 1. The predicted octanol–water partition coefficient (Wildman–Crippen LogP) is 3.60. The molecular formula is C20H20N2O3. The van der Waals surface area contributed by atoms with Crippen LogP contribution in [-0.2, 0) is 17.8 Å². The third-order valence-corrected chi connectivity index (χ3v) is 3.80. The maximum Gasteiger partial charge on any atom is 0.220 e. The number of carbonyl (C=O) groups excluding carboxylic acids is 1. The number of hydrogen-bond acceptors (Lipinski definition) is 4.